The molecule has 0 bridgehead atoms. The summed E-state index contributed by atoms with van der Waals surface area (Å²) in [5, 5.41) is 2.62. The van der Waals surface area contributed by atoms with E-state index in [1.54, 1.807) is 0 Å². The highest BCUT2D eigenvalue weighted by atomic mass is 16.2. The number of nitrogens with one attached hydrogen (secondary N) is 1. The van der Waals surface area contributed by atoms with E-state index in [0.717, 1.165) is 12.8 Å². The van der Waals surface area contributed by atoms with Crippen molar-refractivity contribution in [1.82, 2.24) is 5.32 Å². The van der Waals surface area contributed by atoms with Crippen molar-refractivity contribution in [3.05, 3.63) is 0 Å². The molecule has 5 N–H and O–H groups in total. The Morgan fingerprint density at radius 2 is 1.87 bits per heavy atom. The molecule has 0 saturated carbocycles. The highest BCUT2D eigenvalue weighted by molar-refractivity contribution is 5.86. The summed E-state index contributed by atoms with van der Waals surface area (Å²) in [4.78, 5) is 22.4. The Balaban J connectivity index is 3.95. The molecule has 0 rings (SSSR count). The van der Waals surface area contributed by atoms with Gasteiger partial charge in [-0.3, -0.25) is 9.59 Å². The molecule has 2 amide bonds. The third-order valence-corrected chi connectivity index (χ3v) is 2.15. The molecule has 0 aliphatic heterocycles. The van der Waals surface area contributed by atoms with Crippen molar-refractivity contribution in [2.24, 2.45) is 17.4 Å². The van der Waals surface area contributed by atoms with E-state index >= 15 is 0 Å². The van der Waals surface area contributed by atoms with Gasteiger partial charge in [0.25, 0.3) is 0 Å². The lowest BCUT2D eigenvalue weighted by molar-refractivity contribution is -0.128. The number of hydrogen-bond acceptors (Lipinski definition) is 3. The molecule has 88 valence electrons. The number of primary amides is 1. The second-order valence-corrected chi connectivity index (χ2v) is 3.94. The number of hydrogen-bond donors (Lipinski definition) is 3. The quantitative estimate of drug-likeness (QED) is 0.510. The molecule has 15 heavy (non-hydrogen) atoms. The van der Waals surface area contributed by atoms with Gasteiger partial charge in [-0.1, -0.05) is 13.8 Å². The van der Waals surface area contributed by atoms with E-state index in [1.807, 2.05) is 13.8 Å². The lowest BCUT2D eigenvalue weighted by Crippen LogP contribution is -2.47. The first kappa shape index (κ1) is 13.9. The van der Waals surface area contributed by atoms with Gasteiger partial charge in [0.15, 0.2) is 0 Å². The van der Waals surface area contributed by atoms with Crippen LogP contribution in [0.4, 0.5) is 0 Å². The van der Waals surface area contributed by atoms with Crippen LogP contribution in [0.25, 0.3) is 0 Å². The molecule has 1 atom stereocenters. The summed E-state index contributed by atoms with van der Waals surface area (Å²) in [6, 6.07) is -0.574. The minimum atomic E-state index is -0.574. The van der Waals surface area contributed by atoms with Crippen LogP contribution in [-0.2, 0) is 9.59 Å². The van der Waals surface area contributed by atoms with Gasteiger partial charge in [0.1, 0.15) is 6.04 Å². The summed E-state index contributed by atoms with van der Waals surface area (Å²) >= 11 is 0. The van der Waals surface area contributed by atoms with E-state index in [2.05, 4.69) is 5.32 Å². The van der Waals surface area contributed by atoms with Crippen LogP contribution in [0.2, 0.25) is 0 Å². The summed E-state index contributed by atoms with van der Waals surface area (Å²) in [5.74, 6) is -0.612. The molecule has 0 aromatic heterocycles. The first-order chi connectivity index (χ1) is 6.99. The fourth-order valence-electron chi connectivity index (χ4n) is 1.24. The average Bonchev–Trinajstić information content (AvgIpc) is 2.13. The van der Waals surface area contributed by atoms with Crippen LogP contribution in [0.3, 0.4) is 0 Å². The standard InChI is InChI=1S/C10H21N3O2/c1-7(2)9(10(12)15)13-8(14)5-3-4-6-11/h7,9H,3-6,11H2,1-2H3,(H2,12,15)(H,13,14)/t9-/m0/s1. The van der Waals surface area contributed by atoms with Crippen LogP contribution in [0.15, 0.2) is 0 Å². The summed E-state index contributed by atoms with van der Waals surface area (Å²) in [6.07, 6.45) is 1.95. The molecule has 0 radical (unpaired) electrons. The van der Waals surface area contributed by atoms with Crippen LogP contribution in [-0.4, -0.2) is 24.4 Å². The Kier molecular flexibility index (Phi) is 6.70. The summed E-state index contributed by atoms with van der Waals surface area (Å²) in [5.41, 5.74) is 10.5. The zero-order chi connectivity index (χ0) is 11.8. The highest BCUT2D eigenvalue weighted by Gasteiger charge is 2.20. The van der Waals surface area contributed by atoms with Crippen molar-refractivity contribution in [3.8, 4) is 0 Å². The van der Waals surface area contributed by atoms with Gasteiger partial charge in [-0.05, 0) is 25.3 Å². The Morgan fingerprint density at radius 1 is 1.27 bits per heavy atom. The number of unbranched alkanes of at least 4 members (excludes halogenated alkanes) is 1. The normalized spacial score (nSPS) is 12.5. The molecule has 0 aliphatic rings. The van der Waals surface area contributed by atoms with E-state index in [4.69, 9.17) is 11.5 Å². The monoisotopic (exact) mass is 215 g/mol. The largest absolute Gasteiger partial charge is 0.368 e. The smallest absolute Gasteiger partial charge is 0.240 e. The van der Waals surface area contributed by atoms with Crippen molar-refractivity contribution >= 4 is 11.8 Å². The van der Waals surface area contributed by atoms with Crippen LogP contribution in [0.1, 0.15) is 33.1 Å². The second kappa shape index (κ2) is 7.23. The summed E-state index contributed by atoms with van der Waals surface area (Å²) in [6.45, 7) is 4.27. The van der Waals surface area contributed by atoms with Gasteiger partial charge in [0.2, 0.25) is 11.8 Å². The van der Waals surface area contributed by atoms with Gasteiger partial charge in [0.05, 0.1) is 0 Å². The van der Waals surface area contributed by atoms with E-state index in [0.29, 0.717) is 13.0 Å². The molecule has 0 spiro atoms. The number of carbonyl (C=O) groups excluding carboxylic acids is 2. The molecule has 0 fully saturated rings. The SMILES string of the molecule is CC(C)[C@H](NC(=O)CCCCN)C(N)=O. The summed E-state index contributed by atoms with van der Waals surface area (Å²) in [7, 11) is 0. The van der Waals surface area contributed by atoms with Gasteiger partial charge in [-0.15, -0.1) is 0 Å². The fraction of sp³-hybridized carbons (Fsp3) is 0.800. The lowest BCUT2D eigenvalue weighted by atomic mass is 10.0. The molecule has 0 saturated heterocycles. The van der Waals surface area contributed by atoms with E-state index < -0.39 is 11.9 Å². The number of amides is 2. The Hall–Kier alpha value is -1.10. The average molecular weight is 215 g/mol. The van der Waals surface area contributed by atoms with E-state index in [9.17, 15) is 9.59 Å². The Labute approximate surface area is 90.6 Å². The van der Waals surface area contributed by atoms with E-state index in [-0.39, 0.29) is 11.8 Å². The molecule has 5 heteroatoms. The number of carbonyl (C=O) groups is 2. The van der Waals surface area contributed by atoms with Gasteiger partial charge in [-0.25, -0.2) is 0 Å². The van der Waals surface area contributed by atoms with Crippen LogP contribution >= 0.6 is 0 Å². The zero-order valence-electron chi connectivity index (χ0n) is 9.45. The van der Waals surface area contributed by atoms with Gasteiger partial charge < -0.3 is 16.8 Å². The second-order valence-electron chi connectivity index (χ2n) is 3.94. The topological polar surface area (TPSA) is 98.2 Å². The van der Waals surface area contributed by atoms with E-state index in [1.165, 1.54) is 0 Å². The fourth-order valence-corrected chi connectivity index (χ4v) is 1.24. The van der Waals surface area contributed by atoms with Gasteiger partial charge in [-0.2, -0.15) is 0 Å². The predicted molar refractivity (Wildman–Crippen MR) is 58.9 cm³/mol. The molecule has 0 unspecified atom stereocenters. The maximum absolute atomic E-state index is 11.4. The Bertz CT molecular complexity index is 217. The van der Waals surface area contributed by atoms with Crippen LogP contribution in [0.5, 0.6) is 0 Å². The number of rotatable bonds is 7. The van der Waals surface area contributed by atoms with Crippen LogP contribution in [0, 0.1) is 5.92 Å². The zero-order valence-corrected chi connectivity index (χ0v) is 9.45. The third-order valence-electron chi connectivity index (χ3n) is 2.15. The van der Waals surface area contributed by atoms with Crippen molar-refractivity contribution < 1.29 is 9.59 Å². The minimum Gasteiger partial charge on any atom is -0.368 e. The van der Waals surface area contributed by atoms with Gasteiger partial charge in [0, 0.05) is 6.42 Å². The lowest BCUT2D eigenvalue weighted by Gasteiger charge is -2.18. The first-order valence-electron chi connectivity index (χ1n) is 5.27. The maximum atomic E-state index is 11.4. The molecular weight excluding hydrogens is 194 g/mol. The summed E-state index contributed by atoms with van der Waals surface area (Å²) < 4.78 is 0. The molecule has 0 aliphatic carbocycles. The van der Waals surface area contributed by atoms with Crippen molar-refractivity contribution in [1.29, 1.82) is 0 Å². The van der Waals surface area contributed by atoms with Crippen molar-refractivity contribution in [2.75, 3.05) is 6.54 Å². The maximum Gasteiger partial charge on any atom is 0.240 e. The molecular formula is C10H21N3O2. The van der Waals surface area contributed by atoms with Gasteiger partial charge >= 0.3 is 0 Å². The molecule has 0 aromatic carbocycles. The van der Waals surface area contributed by atoms with Crippen molar-refractivity contribution in [2.45, 2.75) is 39.2 Å². The highest BCUT2D eigenvalue weighted by Crippen LogP contribution is 2.02. The Morgan fingerprint density at radius 3 is 2.27 bits per heavy atom. The molecule has 0 heterocycles. The van der Waals surface area contributed by atoms with Crippen LogP contribution < -0.4 is 16.8 Å². The predicted octanol–water partition coefficient (Wildman–Crippen LogP) is -0.258. The molecule has 0 aromatic rings. The minimum absolute atomic E-state index is 0.0148. The first-order valence-corrected chi connectivity index (χ1v) is 5.27. The third kappa shape index (κ3) is 6.06. The number of nitrogens with two attached hydrogens (primary N) is 2. The molecule has 5 nitrogen and oxygen atoms in total. The van der Waals surface area contributed by atoms with Crippen molar-refractivity contribution in [3.63, 3.8) is 0 Å².